The monoisotopic (exact) mass is 292 g/mol. The molecule has 1 atom stereocenters. The lowest BCUT2D eigenvalue weighted by atomic mass is 10.1. The van der Waals surface area contributed by atoms with Crippen LogP contribution in [-0.2, 0) is 11.2 Å². The Hall–Kier alpha value is -1.06. The molecule has 0 saturated carbocycles. The summed E-state index contributed by atoms with van der Waals surface area (Å²) in [6.07, 6.45) is 3.53. The fraction of sp³-hybridized carbons (Fsp3) is 0.562. The first kappa shape index (κ1) is 13.9. The van der Waals surface area contributed by atoms with Gasteiger partial charge in [-0.2, -0.15) is 0 Å². The minimum atomic E-state index is 0.0461. The highest BCUT2D eigenvalue weighted by molar-refractivity contribution is 6.21. The summed E-state index contributed by atoms with van der Waals surface area (Å²) in [6.45, 7) is 5.70. The first-order chi connectivity index (χ1) is 9.65. The molecule has 0 N–H and O–H groups in total. The van der Waals surface area contributed by atoms with Crippen LogP contribution in [0.4, 0.5) is 5.69 Å². The van der Waals surface area contributed by atoms with Crippen LogP contribution in [0.25, 0.3) is 0 Å². The van der Waals surface area contributed by atoms with E-state index in [1.54, 1.807) is 6.92 Å². The molecule has 0 spiro atoms. The first-order valence-corrected chi connectivity index (χ1v) is 7.86. The maximum absolute atomic E-state index is 11.6. The zero-order valence-corrected chi connectivity index (χ0v) is 12.7. The lowest BCUT2D eigenvalue weighted by Crippen LogP contribution is -2.25. The lowest BCUT2D eigenvalue weighted by Gasteiger charge is -2.20. The molecular weight excluding hydrogens is 272 g/mol. The van der Waals surface area contributed by atoms with Gasteiger partial charge in [0.25, 0.3) is 0 Å². The molecule has 2 heterocycles. The van der Waals surface area contributed by atoms with Crippen LogP contribution in [0, 0.1) is 0 Å². The van der Waals surface area contributed by atoms with E-state index in [0.717, 1.165) is 25.2 Å². The average Bonchev–Trinajstić information content (AvgIpc) is 3.06. The van der Waals surface area contributed by atoms with Crippen LogP contribution in [0.5, 0.6) is 0 Å². The van der Waals surface area contributed by atoms with Gasteiger partial charge in [0.15, 0.2) is 0 Å². The summed E-state index contributed by atoms with van der Waals surface area (Å²) in [5.41, 5.74) is 3.50. The number of hydrogen-bond acceptors (Lipinski definition) is 2. The highest BCUT2D eigenvalue weighted by Crippen LogP contribution is 2.32. The van der Waals surface area contributed by atoms with Gasteiger partial charge in [-0.25, -0.2) is 0 Å². The van der Waals surface area contributed by atoms with Crippen molar-refractivity contribution in [2.45, 2.75) is 31.6 Å². The third-order valence-electron chi connectivity index (χ3n) is 4.36. The van der Waals surface area contributed by atoms with Gasteiger partial charge in [-0.3, -0.25) is 4.79 Å². The average molecular weight is 293 g/mol. The topological polar surface area (TPSA) is 23.6 Å². The van der Waals surface area contributed by atoms with Crippen LogP contribution in [0.2, 0.25) is 0 Å². The lowest BCUT2D eigenvalue weighted by molar-refractivity contribution is -0.116. The van der Waals surface area contributed by atoms with Crippen LogP contribution in [-0.4, -0.2) is 37.0 Å². The van der Waals surface area contributed by atoms with Gasteiger partial charge in [0.2, 0.25) is 5.91 Å². The van der Waals surface area contributed by atoms with Gasteiger partial charge in [0, 0.05) is 25.7 Å². The number of likely N-dealkylation sites (tertiary alicyclic amines) is 1. The van der Waals surface area contributed by atoms with Gasteiger partial charge < -0.3 is 9.80 Å². The molecule has 0 aromatic heterocycles. The molecule has 108 valence electrons. The Kier molecular flexibility index (Phi) is 3.99. The van der Waals surface area contributed by atoms with Crippen LogP contribution in [0.1, 0.15) is 36.3 Å². The molecule has 2 aliphatic rings. The Bertz CT molecular complexity index is 511. The molecular formula is C16H21ClN2O. The zero-order valence-electron chi connectivity index (χ0n) is 11.9. The van der Waals surface area contributed by atoms with Crippen molar-refractivity contribution in [2.75, 3.05) is 31.1 Å². The minimum absolute atomic E-state index is 0.0461. The number of anilines is 1. The summed E-state index contributed by atoms with van der Waals surface area (Å²) < 4.78 is 0. The highest BCUT2D eigenvalue weighted by Gasteiger charge is 2.24. The number of nitrogens with zero attached hydrogens (tertiary/aromatic N) is 2. The van der Waals surface area contributed by atoms with Crippen molar-refractivity contribution in [1.29, 1.82) is 0 Å². The van der Waals surface area contributed by atoms with Crippen molar-refractivity contribution >= 4 is 23.2 Å². The Morgan fingerprint density at radius 1 is 1.30 bits per heavy atom. The van der Waals surface area contributed by atoms with Crippen molar-refractivity contribution in [1.82, 2.24) is 4.90 Å². The molecule has 2 aliphatic heterocycles. The molecule has 1 unspecified atom stereocenters. The summed E-state index contributed by atoms with van der Waals surface area (Å²) in [7, 11) is 0. The summed E-state index contributed by atoms with van der Waals surface area (Å²) in [5.74, 6) is 0.121. The molecule has 0 radical (unpaired) electrons. The number of amides is 1. The Morgan fingerprint density at radius 2 is 2.05 bits per heavy atom. The fourth-order valence-corrected chi connectivity index (χ4v) is 3.57. The summed E-state index contributed by atoms with van der Waals surface area (Å²) in [5, 5.41) is 0.0461. The highest BCUT2D eigenvalue weighted by atomic mass is 35.5. The summed E-state index contributed by atoms with van der Waals surface area (Å²) >= 11 is 6.56. The van der Waals surface area contributed by atoms with Crippen molar-refractivity contribution in [3.8, 4) is 0 Å². The van der Waals surface area contributed by atoms with E-state index in [-0.39, 0.29) is 11.3 Å². The number of carbonyl (C=O) groups excluding carboxylic acids is 1. The molecule has 20 heavy (non-hydrogen) atoms. The first-order valence-electron chi connectivity index (χ1n) is 7.42. The maximum Gasteiger partial charge on any atom is 0.223 e. The Labute approximate surface area is 125 Å². The fourth-order valence-electron chi connectivity index (χ4n) is 3.24. The van der Waals surface area contributed by atoms with E-state index in [2.05, 4.69) is 23.1 Å². The molecule has 3 nitrogen and oxygen atoms in total. The standard InChI is InChI=1S/C16H21ClN2O/c1-12(20)19-9-6-14-10-13(4-5-16(14)19)15(17)11-18-7-2-3-8-18/h4-5,10,15H,2-3,6-9,11H2,1H3. The molecule has 0 bridgehead atoms. The van der Waals surface area contributed by atoms with E-state index >= 15 is 0 Å². The molecule has 3 rings (SSSR count). The molecule has 4 heteroatoms. The predicted molar refractivity (Wildman–Crippen MR) is 82.4 cm³/mol. The maximum atomic E-state index is 11.6. The van der Waals surface area contributed by atoms with Crippen LogP contribution in [0.15, 0.2) is 18.2 Å². The SMILES string of the molecule is CC(=O)N1CCc2cc(C(Cl)CN3CCCC3)ccc21. The third kappa shape index (κ3) is 2.70. The molecule has 1 aromatic rings. The van der Waals surface area contributed by atoms with Gasteiger partial charge in [-0.1, -0.05) is 12.1 Å². The Balaban J connectivity index is 1.74. The van der Waals surface area contributed by atoms with Crippen molar-refractivity contribution in [3.05, 3.63) is 29.3 Å². The number of benzene rings is 1. The summed E-state index contributed by atoms with van der Waals surface area (Å²) in [6, 6.07) is 6.32. The van der Waals surface area contributed by atoms with E-state index in [1.165, 1.54) is 37.1 Å². The number of rotatable bonds is 3. The predicted octanol–water partition coefficient (Wildman–Crippen LogP) is 2.97. The van der Waals surface area contributed by atoms with Gasteiger partial charge >= 0.3 is 0 Å². The number of alkyl halides is 1. The van der Waals surface area contributed by atoms with E-state index in [1.807, 2.05) is 4.90 Å². The molecule has 1 aromatic carbocycles. The number of hydrogen-bond donors (Lipinski definition) is 0. The normalized spacial score (nSPS) is 20.2. The molecule has 1 saturated heterocycles. The van der Waals surface area contributed by atoms with Crippen LogP contribution >= 0.6 is 11.6 Å². The number of fused-ring (bicyclic) bond motifs is 1. The third-order valence-corrected chi connectivity index (χ3v) is 4.75. The van der Waals surface area contributed by atoms with Crippen molar-refractivity contribution in [2.24, 2.45) is 0 Å². The van der Waals surface area contributed by atoms with Gasteiger partial charge in [-0.05, 0) is 49.5 Å². The number of halogens is 1. The number of carbonyl (C=O) groups is 1. The van der Waals surface area contributed by atoms with E-state index in [0.29, 0.717) is 0 Å². The Morgan fingerprint density at radius 3 is 2.75 bits per heavy atom. The molecule has 1 fully saturated rings. The molecule has 0 aliphatic carbocycles. The second-order valence-corrected chi connectivity index (χ2v) is 6.31. The van der Waals surface area contributed by atoms with E-state index in [9.17, 15) is 4.79 Å². The second-order valence-electron chi connectivity index (χ2n) is 5.78. The van der Waals surface area contributed by atoms with E-state index < -0.39 is 0 Å². The minimum Gasteiger partial charge on any atom is -0.312 e. The summed E-state index contributed by atoms with van der Waals surface area (Å²) in [4.78, 5) is 15.8. The van der Waals surface area contributed by atoms with Crippen molar-refractivity contribution in [3.63, 3.8) is 0 Å². The van der Waals surface area contributed by atoms with Crippen LogP contribution in [0.3, 0.4) is 0 Å². The van der Waals surface area contributed by atoms with Gasteiger partial charge in [0.1, 0.15) is 0 Å². The smallest absolute Gasteiger partial charge is 0.223 e. The van der Waals surface area contributed by atoms with Gasteiger partial charge in [-0.15, -0.1) is 11.6 Å². The zero-order chi connectivity index (χ0) is 14.1. The van der Waals surface area contributed by atoms with Gasteiger partial charge in [0.05, 0.1) is 5.38 Å². The van der Waals surface area contributed by atoms with Crippen molar-refractivity contribution < 1.29 is 4.79 Å². The van der Waals surface area contributed by atoms with E-state index in [4.69, 9.17) is 11.6 Å². The largest absolute Gasteiger partial charge is 0.312 e. The second kappa shape index (κ2) is 5.74. The molecule has 1 amide bonds. The quantitative estimate of drug-likeness (QED) is 0.800. The van der Waals surface area contributed by atoms with Crippen LogP contribution < -0.4 is 4.90 Å².